The molecule has 2 fully saturated rings. The minimum atomic E-state index is -0.426. The van der Waals surface area contributed by atoms with E-state index in [1.807, 2.05) is 13.8 Å². The summed E-state index contributed by atoms with van der Waals surface area (Å²) in [5, 5.41) is 2.88. The summed E-state index contributed by atoms with van der Waals surface area (Å²) in [6, 6.07) is -0.787. The Labute approximate surface area is 123 Å². The van der Waals surface area contributed by atoms with Gasteiger partial charge >= 0.3 is 0 Å². The molecule has 2 atom stereocenters. The second kappa shape index (κ2) is 5.50. The molecule has 1 saturated carbocycles. The predicted molar refractivity (Wildman–Crippen MR) is 75.2 cm³/mol. The lowest BCUT2D eigenvalue weighted by atomic mass is 10.0. The SMILES string of the molecule is CCc1cnc(CN2C(=O)C(C3CC3)NC(=O)C2CC)o1. The number of amides is 2. The van der Waals surface area contributed by atoms with Gasteiger partial charge in [-0.1, -0.05) is 13.8 Å². The molecule has 1 aliphatic heterocycles. The summed E-state index contributed by atoms with van der Waals surface area (Å²) in [5.41, 5.74) is 0. The van der Waals surface area contributed by atoms with Gasteiger partial charge in [-0.15, -0.1) is 0 Å². The van der Waals surface area contributed by atoms with Crippen LogP contribution in [0, 0.1) is 5.92 Å². The van der Waals surface area contributed by atoms with Crippen LogP contribution in [-0.4, -0.2) is 33.8 Å². The molecule has 1 aromatic heterocycles. The number of carbonyl (C=O) groups is 2. The van der Waals surface area contributed by atoms with Crippen LogP contribution in [0.2, 0.25) is 0 Å². The number of rotatable bonds is 5. The van der Waals surface area contributed by atoms with E-state index < -0.39 is 6.04 Å². The number of aromatic nitrogens is 1. The monoisotopic (exact) mass is 291 g/mol. The van der Waals surface area contributed by atoms with Gasteiger partial charge in [-0.2, -0.15) is 0 Å². The molecule has 21 heavy (non-hydrogen) atoms. The van der Waals surface area contributed by atoms with Crippen LogP contribution in [0.1, 0.15) is 44.8 Å². The molecule has 1 saturated heterocycles. The normalized spacial score (nSPS) is 26.1. The summed E-state index contributed by atoms with van der Waals surface area (Å²) < 4.78 is 5.59. The highest BCUT2D eigenvalue weighted by molar-refractivity contribution is 5.97. The quantitative estimate of drug-likeness (QED) is 0.886. The molecule has 6 nitrogen and oxygen atoms in total. The largest absolute Gasteiger partial charge is 0.444 e. The molecule has 0 spiro atoms. The van der Waals surface area contributed by atoms with E-state index >= 15 is 0 Å². The highest BCUT2D eigenvalue weighted by Crippen LogP contribution is 2.35. The maximum absolute atomic E-state index is 12.6. The van der Waals surface area contributed by atoms with E-state index in [0.29, 0.717) is 18.2 Å². The Bertz CT molecular complexity index is 550. The van der Waals surface area contributed by atoms with Gasteiger partial charge in [0, 0.05) is 6.42 Å². The van der Waals surface area contributed by atoms with Crippen molar-refractivity contribution < 1.29 is 14.0 Å². The third kappa shape index (κ3) is 2.66. The van der Waals surface area contributed by atoms with Crippen LogP contribution in [0.4, 0.5) is 0 Å². The van der Waals surface area contributed by atoms with Gasteiger partial charge < -0.3 is 14.6 Å². The minimum Gasteiger partial charge on any atom is -0.444 e. The third-order valence-corrected chi connectivity index (χ3v) is 4.26. The van der Waals surface area contributed by atoms with Gasteiger partial charge in [0.1, 0.15) is 17.8 Å². The van der Waals surface area contributed by atoms with Crippen LogP contribution in [0.5, 0.6) is 0 Å². The van der Waals surface area contributed by atoms with Crippen molar-refractivity contribution in [3.63, 3.8) is 0 Å². The van der Waals surface area contributed by atoms with Crippen LogP contribution in [0.25, 0.3) is 0 Å². The zero-order chi connectivity index (χ0) is 15.0. The predicted octanol–water partition coefficient (Wildman–Crippen LogP) is 1.25. The highest BCUT2D eigenvalue weighted by Gasteiger charge is 2.46. The molecule has 1 aromatic rings. The number of nitrogens with one attached hydrogen (secondary N) is 1. The molecular formula is C15H21N3O3. The van der Waals surface area contributed by atoms with Gasteiger partial charge in [-0.05, 0) is 25.2 Å². The molecular weight excluding hydrogens is 270 g/mol. The molecule has 3 rings (SSSR count). The Morgan fingerprint density at radius 1 is 1.38 bits per heavy atom. The van der Waals surface area contributed by atoms with Gasteiger partial charge in [-0.25, -0.2) is 4.98 Å². The number of nitrogens with zero attached hydrogens (tertiary/aromatic N) is 2. The molecule has 2 aliphatic rings. The standard InChI is InChI=1S/C15H21N3O3/c1-3-10-7-16-12(21-10)8-18-11(4-2)14(19)17-13(15(18)20)9-5-6-9/h7,9,11,13H,3-6,8H2,1-2H3,(H,17,19). The molecule has 6 heteroatoms. The van der Waals surface area contributed by atoms with Gasteiger partial charge in [0.2, 0.25) is 17.7 Å². The maximum Gasteiger partial charge on any atom is 0.246 e. The first-order chi connectivity index (χ1) is 10.1. The van der Waals surface area contributed by atoms with Crippen molar-refractivity contribution in [2.75, 3.05) is 0 Å². The molecule has 1 N–H and O–H groups in total. The van der Waals surface area contributed by atoms with Crippen molar-refractivity contribution in [2.24, 2.45) is 5.92 Å². The average Bonchev–Trinajstić information content (AvgIpc) is 3.22. The van der Waals surface area contributed by atoms with Crippen molar-refractivity contribution in [1.82, 2.24) is 15.2 Å². The summed E-state index contributed by atoms with van der Waals surface area (Å²) in [7, 11) is 0. The van der Waals surface area contributed by atoms with E-state index in [1.54, 1.807) is 11.1 Å². The minimum absolute atomic E-state index is 0.000184. The number of aryl methyl sites for hydroxylation is 1. The highest BCUT2D eigenvalue weighted by atomic mass is 16.4. The lowest BCUT2D eigenvalue weighted by Gasteiger charge is -2.38. The Hall–Kier alpha value is -1.85. The first kappa shape index (κ1) is 14.1. The van der Waals surface area contributed by atoms with Crippen LogP contribution in [-0.2, 0) is 22.6 Å². The summed E-state index contributed by atoms with van der Waals surface area (Å²) in [6.45, 7) is 4.17. The number of oxazole rings is 1. The third-order valence-electron chi connectivity index (χ3n) is 4.26. The van der Waals surface area contributed by atoms with Crippen LogP contribution in [0.15, 0.2) is 10.6 Å². The van der Waals surface area contributed by atoms with E-state index in [0.717, 1.165) is 25.0 Å². The summed E-state index contributed by atoms with van der Waals surface area (Å²) in [5.74, 6) is 1.54. The van der Waals surface area contributed by atoms with Crippen molar-refractivity contribution >= 4 is 11.8 Å². The molecule has 0 radical (unpaired) electrons. The molecule has 2 amide bonds. The Balaban J connectivity index is 1.80. The Morgan fingerprint density at radius 2 is 2.14 bits per heavy atom. The molecule has 1 aliphatic carbocycles. The summed E-state index contributed by atoms with van der Waals surface area (Å²) in [4.78, 5) is 30.7. The maximum atomic E-state index is 12.6. The number of piperazine rings is 1. The first-order valence-corrected chi connectivity index (χ1v) is 7.68. The Morgan fingerprint density at radius 3 is 2.71 bits per heavy atom. The van der Waals surface area contributed by atoms with Crippen molar-refractivity contribution in [1.29, 1.82) is 0 Å². The van der Waals surface area contributed by atoms with Gasteiger partial charge in [0.05, 0.1) is 12.7 Å². The van der Waals surface area contributed by atoms with Crippen molar-refractivity contribution in [3.05, 3.63) is 17.8 Å². The van der Waals surface area contributed by atoms with Crippen LogP contribution < -0.4 is 5.32 Å². The Kier molecular flexibility index (Phi) is 3.69. The van der Waals surface area contributed by atoms with Gasteiger partial charge in [0.15, 0.2) is 0 Å². The molecule has 0 aromatic carbocycles. The molecule has 0 bridgehead atoms. The van der Waals surface area contributed by atoms with Crippen molar-refractivity contribution in [3.8, 4) is 0 Å². The first-order valence-electron chi connectivity index (χ1n) is 7.68. The number of carbonyl (C=O) groups excluding carboxylic acids is 2. The molecule has 2 unspecified atom stereocenters. The fourth-order valence-corrected chi connectivity index (χ4v) is 2.86. The lowest BCUT2D eigenvalue weighted by molar-refractivity contribution is -0.151. The second-order valence-electron chi connectivity index (χ2n) is 5.79. The van der Waals surface area contributed by atoms with E-state index in [2.05, 4.69) is 10.3 Å². The number of hydrogen-bond donors (Lipinski definition) is 1. The fourth-order valence-electron chi connectivity index (χ4n) is 2.86. The van der Waals surface area contributed by atoms with Gasteiger partial charge in [-0.3, -0.25) is 9.59 Å². The van der Waals surface area contributed by atoms with E-state index in [4.69, 9.17) is 4.42 Å². The number of hydrogen-bond acceptors (Lipinski definition) is 4. The second-order valence-corrected chi connectivity index (χ2v) is 5.79. The van der Waals surface area contributed by atoms with E-state index in [1.165, 1.54) is 0 Å². The summed E-state index contributed by atoms with van der Waals surface area (Å²) >= 11 is 0. The zero-order valence-corrected chi connectivity index (χ0v) is 12.5. The average molecular weight is 291 g/mol. The van der Waals surface area contributed by atoms with Gasteiger partial charge in [0.25, 0.3) is 0 Å². The smallest absolute Gasteiger partial charge is 0.246 e. The molecule has 114 valence electrons. The zero-order valence-electron chi connectivity index (χ0n) is 12.5. The molecule has 2 heterocycles. The van der Waals surface area contributed by atoms with Crippen LogP contribution >= 0.6 is 0 Å². The fraction of sp³-hybridized carbons (Fsp3) is 0.667. The van der Waals surface area contributed by atoms with E-state index in [9.17, 15) is 9.59 Å². The van der Waals surface area contributed by atoms with Crippen LogP contribution in [0.3, 0.4) is 0 Å². The van der Waals surface area contributed by atoms with Crippen molar-refractivity contribution in [2.45, 2.75) is 58.2 Å². The summed E-state index contributed by atoms with van der Waals surface area (Å²) in [6.07, 6.45) is 5.07. The van der Waals surface area contributed by atoms with E-state index in [-0.39, 0.29) is 24.4 Å². The lowest BCUT2D eigenvalue weighted by Crippen LogP contribution is -2.63. The topological polar surface area (TPSA) is 75.4 Å².